The standard InChI is InChI=1S/C26H21ClN4O3/c1-3-30-15(2)12-21-22(24(30)32)26(18(13-28)23(29)34-21)17-9-5-7-11-20(17)31(25(26)33)14-16-8-4-6-10-19(16)27/h4-12H,3,14,29H2,1-2H3. The maximum Gasteiger partial charge on any atom is 0.259 e. The zero-order chi connectivity index (χ0) is 24.2. The number of para-hydroxylation sites is 1. The molecule has 2 aromatic carbocycles. The van der Waals surface area contributed by atoms with Gasteiger partial charge in [-0.25, -0.2) is 0 Å². The smallest absolute Gasteiger partial charge is 0.259 e. The van der Waals surface area contributed by atoms with Crippen LogP contribution in [0.1, 0.15) is 29.3 Å². The normalized spacial score (nSPS) is 18.5. The summed E-state index contributed by atoms with van der Waals surface area (Å²) < 4.78 is 7.31. The predicted molar refractivity (Wildman–Crippen MR) is 128 cm³/mol. The van der Waals surface area contributed by atoms with Crippen molar-refractivity contribution in [3.05, 3.63) is 104 Å². The van der Waals surface area contributed by atoms with Crippen LogP contribution in [-0.4, -0.2) is 10.5 Å². The number of rotatable bonds is 3. The molecule has 3 aromatic rings. The van der Waals surface area contributed by atoms with E-state index in [1.807, 2.05) is 31.2 Å². The zero-order valence-electron chi connectivity index (χ0n) is 18.6. The van der Waals surface area contributed by atoms with Crippen LogP contribution in [-0.2, 0) is 23.3 Å². The number of nitriles is 1. The van der Waals surface area contributed by atoms with Crippen molar-refractivity contribution in [3.63, 3.8) is 0 Å². The van der Waals surface area contributed by atoms with Gasteiger partial charge in [-0.2, -0.15) is 5.26 Å². The highest BCUT2D eigenvalue weighted by molar-refractivity contribution is 6.31. The van der Waals surface area contributed by atoms with Gasteiger partial charge >= 0.3 is 0 Å². The molecule has 0 saturated heterocycles. The number of halogens is 1. The highest BCUT2D eigenvalue weighted by atomic mass is 35.5. The molecule has 34 heavy (non-hydrogen) atoms. The Balaban J connectivity index is 1.86. The first kappa shape index (κ1) is 21.8. The molecule has 0 saturated carbocycles. The number of nitrogens with zero attached hydrogens (tertiary/aromatic N) is 3. The van der Waals surface area contributed by atoms with E-state index in [1.54, 1.807) is 46.7 Å². The van der Waals surface area contributed by atoms with Gasteiger partial charge in [0.2, 0.25) is 11.8 Å². The number of anilines is 1. The van der Waals surface area contributed by atoms with Crippen molar-refractivity contribution in [1.29, 1.82) is 5.26 Å². The number of hydrogen-bond acceptors (Lipinski definition) is 5. The van der Waals surface area contributed by atoms with Crippen molar-refractivity contribution in [1.82, 2.24) is 4.57 Å². The molecule has 8 heteroatoms. The summed E-state index contributed by atoms with van der Waals surface area (Å²) in [6.45, 7) is 4.20. The Morgan fingerprint density at radius 1 is 1.15 bits per heavy atom. The van der Waals surface area contributed by atoms with Gasteiger partial charge in [-0.1, -0.05) is 48.0 Å². The Morgan fingerprint density at radius 2 is 1.85 bits per heavy atom. The van der Waals surface area contributed by atoms with Crippen molar-refractivity contribution in [2.24, 2.45) is 5.73 Å². The summed E-state index contributed by atoms with van der Waals surface area (Å²) in [7, 11) is 0. The summed E-state index contributed by atoms with van der Waals surface area (Å²) in [5, 5.41) is 10.7. The number of fused-ring (bicyclic) bond motifs is 4. The molecule has 1 amide bonds. The van der Waals surface area contributed by atoms with Gasteiger partial charge in [0.25, 0.3) is 5.56 Å². The average Bonchev–Trinajstić information content (AvgIpc) is 3.04. The molecular weight excluding hydrogens is 452 g/mol. The monoisotopic (exact) mass is 472 g/mol. The van der Waals surface area contributed by atoms with Crippen LogP contribution in [0.5, 0.6) is 5.75 Å². The van der Waals surface area contributed by atoms with Gasteiger partial charge in [0.05, 0.1) is 12.1 Å². The van der Waals surface area contributed by atoms with E-state index in [2.05, 4.69) is 6.07 Å². The minimum Gasteiger partial charge on any atom is -0.440 e. The first-order valence-corrected chi connectivity index (χ1v) is 11.2. The number of ether oxygens (including phenoxy) is 1. The van der Waals surface area contributed by atoms with Crippen LogP contribution in [0.15, 0.2) is 70.8 Å². The molecule has 2 aliphatic heterocycles. The van der Waals surface area contributed by atoms with Crippen LogP contribution >= 0.6 is 11.6 Å². The van der Waals surface area contributed by atoms with E-state index in [4.69, 9.17) is 22.1 Å². The van der Waals surface area contributed by atoms with E-state index in [0.717, 1.165) is 5.56 Å². The molecule has 3 heterocycles. The van der Waals surface area contributed by atoms with E-state index in [9.17, 15) is 14.9 Å². The average molecular weight is 473 g/mol. The number of benzene rings is 2. The van der Waals surface area contributed by atoms with Gasteiger partial charge in [0.15, 0.2) is 5.41 Å². The van der Waals surface area contributed by atoms with E-state index < -0.39 is 11.3 Å². The third-order valence-corrected chi connectivity index (χ3v) is 6.94. The Bertz CT molecular complexity index is 1500. The number of aryl methyl sites for hydroxylation is 1. The number of hydrogen-bond donors (Lipinski definition) is 1. The number of aromatic nitrogens is 1. The Labute approximate surface area is 201 Å². The van der Waals surface area contributed by atoms with Crippen LogP contribution in [0.4, 0.5) is 5.69 Å². The molecule has 2 aliphatic rings. The highest BCUT2D eigenvalue weighted by Gasteiger charge is 2.60. The number of amides is 1. The molecule has 170 valence electrons. The molecule has 0 fully saturated rings. The van der Waals surface area contributed by atoms with Crippen LogP contribution in [0.2, 0.25) is 5.02 Å². The van der Waals surface area contributed by atoms with Crippen molar-refractivity contribution < 1.29 is 9.53 Å². The lowest BCUT2D eigenvalue weighted by molar-refractivity contribution is -0.121. The SMILES string of the molecule is CCn1c(C)cc2c(c1=O)C1(C(=O)N(Cc3ccccc3Cl)c3ccccc31)C(C#N)=C(N)O2. The Hall–Kier alpha value is -4.02. The van der Waals surface area contributed by atoms with Gasteiger partial charge in [0.1, 0.15) is 17.4 Å². The van der Waals surface area contributed by atoms with Crippen LogP contribution in [0, 0.1) is 18.3 Å². The lowest BCUT2D eigenvalue weighted by Gasteiger charge is -2.34. The summed E-state index contributed by atoms with van der Waals surface area (Å²) in [6, 6.07) is 18.2. The third kappa shape index (κ3) is 2.76. The van der Waals surface area contributed by atoms with Crippen LogP contribution in [0.25, 0.3) is 0 Å². The van der Waals surface area contributed by atoms with Gasteiger partial charge < -0.3 is 19.9 Å². The second-order valence-electron chi connectivity index (χ2n) is 8.28. The molecular formula is C26H21ClN4O3. The third-order valence-electron chi connectivity index (χ3n) is 6.57. The first-order chi connectivity index (χ1) is 16.4. The van der Waals surface area contributed by atoms with Gasteiger partial charge in [-0.15, -0.1) is 0 Å². The number of nitrogens with two attached hydrogens (primary N) is 1. The Morgan fingerprint density at radius 3 is 2.56 bits per heavy atom. The van der Waals surface area contributed by atoms with Crippen molar-refractivity contribution in [2.45, 2.75) is 32.4 Å². The van der Waals surface area contributed by atoms with Crippen LogP contribution < -0.4 is 20.9 Å². The van der Waals surface area contributed by atoms with Gasteiger partial charge in [-0.05, 0) is 31.5 Å². The summed E-state index contributed by atoms with van der Waals surface area (Å²) >= 11 is 6.40. The maximum atomic E-state index is 14.4. The summed E-state index contributed by atoms with van der Waals surface area (Å²) in [5.41, 5.74) is 6.61. The molecule has 7 nitrogen and oxygen atoms in total. The van der Waals surface area contributed by atoms with E-state index in [1.165, 1.54) is 0 Å². The molecule has 0 radical (unpaired) electrons. The molecule has 0 aliphatic carbocycles. The lowest BCUT2D eigenvalue weighted by Crippen LogP contribution is -2.49. The van der Waals surface area contributed by atoms with E-state index >= 15 is 0 Å². The molecule has 1 atom stereocenters. The molecule has 1 unspecified atom stereocenters. The predicted octanol–water partition coefficient (Wildman–Crippen LogP) is 3.75. The molecule has 2 N–H and O–H groups in total. The lowest BCUT2D eigenvalue weighted by atomic mass is 9.69. The van der Waals surface area contributed by atoms with Gasteiger partial charge in [0, 0.05) is 34.6 Å². The summed E-state index contributed by atoms with van der Waals surface area (Å²) in [4.78, 5) is 29.8. The molecule has 0 bridgehead atoms. The van der Waals surface area contributed by atoms with Gasteiger partial charge in [-0.3, -0.25) is 9.59 Å². The molecule has 1 aromatic heterocycles. The number of carbonyl (C=O) groups excluding carboxylic acids is 1. The molecule has 1 spiro atoms. The first-order valence-electron chi connectivity index (χ1n) is 10.8. The fourth-order valence-electron chi connectivity index (χ4n) is 5.07. The topological polar surface area (TPSA) is 101 Å². The van der Waals surface area contributed by atoms with Crippen LogP contribution in [0.3, 0.4) is 0 Å². The number of pyridine rings is 1. The second kappa shape index (κ2) is 7.79. The minimum absolute atomic E-state index is 0.0947. The fourth-order valence-corrected chi connectivity index (χ4v) is 5.26. The highest BCUT2D eigenvalue weighted by Crippen LogP contribution is 2.54. The van der Waals surface area contributed by atoms with Crippen molar-refractivity contribution in [3.8, 4) is 11.8 Å². The fraction of sp³-hybridized carbons (Fsp3) is 0.192. The van der Waals surface area contributed by atoms with E-state index in [-0.39, 0.29) is 34.9 Å². The summed E-state index contributed by atoms with van der Waals surface area (Å²) in [5.74, 6) is -0.446. The number of carbonyl (C=O) groups is 1. The van der Waals surface area contributed by atoms with Crippen molar-refractivity contribution >= 4 is 23.2 Å². The maximum absolute atomic E-state index is 14.4. The second-order valence-corrected chi connectivity index (χ2v) is 8.68. The zero-order valence-corrected chi connectivity index (χ0v) is 19.4. The Kier molecular flexibility index (Phi) is 4.99. The van der Waals surface area contributed by atoms with E-state index in [0.29, 0.717) is 28.5 Å². The van der Waals surface area contributed by atoms with Crippen molar-refractivity contribution in [2.75, 3.05) is 4.90 Å². The largest absolute Gasteiger partial charge is 0.440 e. The summed E-state index contributed by atoms with van der Waals surface area (Å²) in [6.07, 6.45) is 0. The quantitative estimate of drug-likeness (QED) is 0.625. The molecule has 5 rings (SSSR count). The minimum atomic E-state index is -1.72.